The zero-order chi connectivity index (χ0) is 28.3. The van der Waals surface area contributed by atoms with Gasteiger partial charge in [-0.15, -0.1) is 0 Å². The second kappa shape index (κ2) is 11.5. The van der Waals surface area contributed by atoms with E-state index in [4.69, 9.17) is 9.72 Å². The van der Waals surface area contributed by atoms with Crippen LogP contribution in [0.3, 0.4) is 0 Å². The van der Waals surface area contributed by atoms with Gasteiger partial charge in [0.1, 0.15) is 11.4 Å². The van der Waals surface area contributed by atoms with Crippen molar-refractivity contribution in [2.45, 2.75) is 20.4 Å². The number of ether oxygens (including phenoxy) is 1. The summed E-state index contributed by atoms with van der Waals surface area (Å²) in [4.78, 5) is 22.3. The predicted octanol–water partition coefficient (Wildman–Crippen LogP) is 6.64. The van der Waals surface area contributed by atoms with Crippen molar-refractivity contribution < 1.29 is 9.53 Å². The van der Waals surface area contributed by atoms with Crippen molar-refractivity contribution >= 4 is 17.4 Å². The minimum Gasteiger partial charge on any atom is -0.497 e. The Bertz CT molecular complexity index is 1690. The maximum atomic E-state index is 13.0. The van der Waals surface area contributed by atoms with Crippen LogP contribution in [0, 0.1) is 13.8 Å². The van der Waals surface area contributed by atoms with Crippen molar-refractivity contribution in [3.63, 3.8) is 0 Å². The number of anilines is 1. The molecule has 2 amide bonds. The van der Waals surface area contributed by atoms with Crippen LogP contribution >= 0.6 is 0 Å². The fourth-order valence-corrected chi connectivity index (χ4v) is 5.50. The van der Waals surface area contributed by atoms with Crippen LogP contribution in [0.15, 0.2) is 91.1 Å². The van der Waals surface area contributed by atoms with E-state index < -0.39 is 0 Å². The predicted molar refractivity (Wildman–Crippen MR) is 164 cm³/mol. The van der Waals surface area contributed by atoms with E-state index in [2.05, 4.69) is 89.3 Å². The average molecular weight is 546 g/mol. The van der Waals surface area contributed by atoms with Gasteiger partial charge in [-0.3, -0.25) is 4.90 Å². The second-order valence-corrected chi connectivity index (χ2v) is 10.7. The van der Waals surface area contributed by atoms with Crippen LogP contribution in [0.1, 0.15) is 16.8 Å². The van der Waals surface area contributed by atoms with Crippen molar-refractivity contribution in [3.8, 4) is 28.1 Å². The lowest BCUT2D eigenvalue weighted by molar-refractivity contribution is 0.142. The summed E-state index contributed by atoms with van der Waals surface area (Å²) in [5.74, 6) is 0.718. The van der Waals surface area contributed by atoms with Crippen molar-refractivity contribution in [1.82, 2.24) is 19.2 Å². The van der Waals surface area contributed by atoms with E-state index in [9.17, 15) is 4.79 Å². The van der Waals surface area contributed by atoms with Gasteiger partial charge in [-0.25, -0.2) is 9.78 Å². The molecule has 7 heteroatoms. The molecule has 0 unspecified atom stereocenters. The SMILES string of the molecule is COc1cccc(NC(=O)N2CCN(Cc3c(-c4ccccc4)nc4ccc(-c5cc(C)ccc5C)cn34)CC2)c1. The smallest absolute Gasteiger partial charge is 0.321 e. The number of carbonyl (C=O) groups is 1. The first-order valence-corrected chi connectivity index (χ1v) is 14.0. The molecule has 1 N–H and O–H groups in total. The van der Waals surface area contributed by atoms with E-state index in [1.165, 1.54) is 22.3 Å². The molecule has 1 fully saturated rings. The Morgan fingerprint density at radius 3 is 2.46 bits per heavy atom. The van der Waals surface area contributed by atoms with E-state index in [1.54, 1.807) is 7.11 Å². The number of rotatable bonds is 6. The summed E-state index contributed by atoms with van der Waals surface area (Å²) in [6.45, 7) is 7.91. The number of imidazole rings is 1. The highest BCUT2D eigenvalue weighted by molar-refractivity contribution is 5.89. The van der Waals surface area contributed by atoms with E-state index >= 15 is 0 Å². The van der Waals surface area contributed by atoms with Crippen LogP contribution in [0.25, 0.3) is 28.0 Å². The molecule has 1 aliphatic heterocycles. The van der Waals surface area contributed by atoms with E-state index in [1.807, 2.05) is 35.2 Å². The van der Waals surface area contributed by atoms with Crippen molar-refractivity contribution in [2.24, 2.45) is 0 Å². The minimum atomic E-state index is -0.0872. The topological polar surface area (TPSA) is 62.1 Å². The molecule has 0 aliphatic carbocycles. The summed E-state index contributed by atoms with van der Waals surface area (Å²) >= 11 is 0. The highest BCUT2D eigenvalue weighted by Crippen LogP contribution is 2.30. The van der Waals surface area contributed by atoms with Crippen LogP contribution in [0.4, 0.5) is 10.5 Å². The molecule has 6 rings (SSSR count). The van der Waals surface area contributed by atoms with Crippen LogP contribution < -0.4 is 10.1 Å². The molecule has 0 bridgehead atoms. The molecular weight excluding hydrogens is 510 g/mol. The van der Waals surface area contributed by atoms with E-state index in [-0.39, 0.29) is 6.03 Å². The summed E-state index contributed by atoms with van der Waals surface area (Å²) in [5.41, 5.74) is 9.85. The molecule has 208 valence electrons. The highest BCUT2D eigenvalue weighted by atomic mass is 16.5. The standard InChI is InChI=1S/C34H35N5O2/c1-24-12-13-25(2)30(20-24)27-14-15-32-36-33(26-8-5-4-6-9-26)31(39(32)22-27)23-37-16-18-38(19-17-37)34(40)35-28-10-7-11-29(21-28)41-3/h4-15,20-22H,16-19,23H2,1-3H3,(H,35,40). The molecule has 1 saturated heterocycles. The van der Waals surface area contributed by atoms with Crippen molar-refractivity contribution in [1.29, 1.82) is 0 Å². The Morgan fingerprint density at radius 2 is 1.68 bits per heavy atom. The lowest BCUT2D eigenvalue weighted by atomic mass is 10.00. The quantitative estimate of drug-likeness (QED) is 0.260. The Hall–Kier alpha value is -4.62. The molecule has 0 radical (unpaired) electrons. The molecule has 7 nitrogen and oxygen atoms in total. The third-order valence-corrected chi connectivity index (χ3v) is 7.82. The van der Waals surface area contributed by atoms with Gasteiger partial charge in [0.2, 0.25) is 0 Å². The number of benzene rings is 3. The summed E-state index contributed by atoms with van der Waals surface area (Å²) in [6, 6.07) is 28.6. The van der Waals surface area contributed by atoms with Crippen LogP contribution in [0.2, 0.25) is 0 Å². The summed E-state index contributed by atoms with van der Waals surface area (Å²) in [7, 11) is 1.62. The lowest BCUT2D eigenvalue weighted by Gasteiger charge is -2.34. The molecule has 3 aromatic carbocycles. The number of nitrogens with zero attached hydrogens (tertiary/aromatic N) is 4. The number of amides is 2. The molecule has 2 aromatic heterocycles. The van der Waals surface area contributed by atoms with Gasteiger partial charge >= 0.3 is 6.03 Å². The lowest BCUT2D eigenvalue weighted by Crippen LogP contribution is -2.49. The molecule has 0 atom stereocenters. The number of pyridine rings is 1. The number of aryl methyl sites for hydroxylation is 2. The largest absolute Gasteiger partial charge is 0.497 e. The molecule has 1 aliphatic rings. The van der Waals surface area contributed by atoms with Gasteiger partial charge in [0.05, 0.1) is 18.5 Å². The number of hydrogen-bond acceptors (Lipinski definition) is 4. The summed E-state index contributed by atoms with van der Waals surface area (Å²) in [6.07, 6.45) is 2.23. The first kappa shape index (κ1) is 26.6. The van der Waals surface area contributed by atoms with Gasteiger partial charge in [0, 0.05) is 56.2 Å². The minimum absolute atomic E-state index is 0.0872. The van der Waals surface area contributed by atoms with Crippen LogP contribution in [0.5, 0.6) is 5.75 Å². The van der Waals surface area contributed by atoms with Gasteiger partial charge in [-0.1, -0.05) is 60.2 Å². The van der Waals surface area contributed by atoms with Gasteiger partial charge < -0.3 is 19.4 Å². The Labute approximate surface area is 241 Å². The number of fused-ring (bicyclic) bond motifs is 1. The van der Waals surface area contributed by atoms with Gasteiger partial charge in [0.25, 0.3) is 0 Å². The van der Waals surface area contributed by atoms with E-state index in [0.717, 1.165) is 53.7 Å². The van der Waals surface area contributed by atoms with E-state index in [0.29, 0.717) is 13.1 Å². The number of piperazine rings is 1. The molecule has 0 spiro atoms. The number of urea groups is 1. The van der Waals surface area contributed by atoms with Gasteiger partial charge in [-0.2, -0.15) is 0 Å². The molecule has 5 aromatic rings. The summed E-state index contributed by atoms with van der Waals surface area (Å²) < 4.78 is 7.53. The third-order valence-electron chi connectivity index (χ3n) is 7.82. The number of methoxy groups -OCH3 is 1. The van der Waals surface area contributed by atoms with Crippen molar-refractivity contribution in [3.05, 3.63) is 108 Å². The normalized spacial score (nSPS) is 13.9. The van der Waals surface area contributed by atoms with Crippen molar-refractivity contribution in [2.75, 3.05) is 38.6 Å². The maximum absolute atomic E-state index is 13.0. The Kier molecular flexibility index (Phi) is 7.44. The van der Waals surface area contributed by atoms with Crippen LogP contribution in [-0.2, 0) is 6.54 Å². The first-order valence-electron chi connectivity index (χ1n) is 14.0. The average Bonchev–Trinajstić information content (AvgIpc) is 3.36. The number of aromatic nitrogens is 2. The number of hydrogen-bond donors (Lipinski definition) is 1. The molecule has 3 heterocycles. The fraction of sp³-hybridized carbons (Fsp3) is 0.235. The fourth-order valence-electron chi connectivity index (χ4n) is 5.50. The number of nitrogens with one attached hydrogen (secondary N) is 1. The third kappa shape index (κ3) is 5.67. The van der Waals surface area contributed by atoms with Gasteiger partial charge in [-0.05, 0) is 54.8 Å². The Morgan fingerprint density at radius 1 is 0.878 bits per heavy atom. The summed E-state index contributed by atoms with van der Waals surface area (Å²) in [5, 5.41) is 3.01. The molecule has 41 heavy (non-hydrogen) atoms. The molecule has 0 saturated carbocycles. The zero-order valence-corrected chi connectivity index (χ0v) is 23.8. The van der Waals surface area contributed by atoms with Gasteiger partial charge in [0.15, 0.2) is 0 Å². The monoisotopic (exact) mass is 545 g/mol. The first-order chi connectivity index (χ1) is 20.0. The second-order valence-electron chi connectivity index (χ2n) is 10.7. The van der Waals surface area contributed by atoms with Crippen LogP contribution in [-0.4, -0.2) is 58.5 Å². The maximum Gasteiger partial charge on any atom is 0.321 e. The Balaban J connectivity index is 1.25. The molecular formula is C34H35N5O2. The highest BCUT2D eigenvalue weighted by Gasteiger charge is 2.24. The number of carbonyl (C=O) groups excluding carboxylic acids is 1. The zero-order valence-electron chi connectivity index (χ0n) is 23.8.